The molecule has 0 aliphatic rings. The fourth-order valence-electron chi connectivity index (χ4n) is 3.88. The van der Waals surface area contributed by atoms with Gasteiger partial charge < -0.3 is 5.32 Å². The van der Waals surface area contributed by atoms with Crippen LogP contribution < -0.4 is 9.62 Å². The zero-order valence-electron chi connectivity index (χ0n) is 19.1. The zero-order valence-corrected chi connectivity index (χ0v) is 20.7. The van der Waals surface area contributed by atoms with Crippen LogP contribution in [-0.4, -0.2) is 20.9 Å². The van der Waals surface area contributed by atoms with Crippen LogP contribution in [0.15, 0.2) is 114 Å². The lowest BCUT2D eigenvalue weighted by molar-refractivity contribution is -0.120. The highest BCUT2D eigenvalue weighted by atomic mass is 35.5. The number of carbonyl (C=O) groups is 1. The van der Waals surface area contributed by atoms with Crippen LogP contribution in [0.5, 0.6) is 0 Å². The van der Waals surface area contributed by atoms with Gasteiger partial charge in [0.1, 0.15) is 6.54 Å². The SMILES string of the molecule is Cc1ccccc1C(NC(=O)CN(c1ccc(Cl)cc1)S(=O)(=O)c1ccccc1)c1ccccc1. The maximum absolute atomic E-state index is 13.5. The predicted molar refractivity (Wildman–Crippen MR) is 140 cm³/mol. The Bertz CT molecular complexity index is 1390. The van der Waals surface area contributed by atoms with E-state index in [0.29, 0.717) is 10.7 Å². The molecule has 0 saturated carbocycles. The summed E-state index contributed by atoms with van der Waals surface area (Å²) in [6.45, 7) is 1.59. The molecular formula is C28H25ClN2O3S. The number of halogens is 1. The molecule has 7 heteroatoms. The molecule has 0 saturated heterocycles. The molecule has 0 heterocycles. The van der Waals surface area contributed by atoms with Crippen molar-refractivity contribution in [3.05, 3.63) is 131 Å². The molecule has 0 fully saturated rings. The number of benzene rings is 4. The topological polar surface area (TPSA) is 66.5 Å². The summed E-state index contributed by atoms with van der Waals surface area (Å²) in [5.41, 5.74) is 3.21. The predicted octanol–water partition coefficient (Wildman–Crippen LogP) is 5.75. The van der Waals surface area contributed by atoms with Gasteiger partial charge in [0.15, 0.2) is 0 Å². The summed E-state index contributed by atoms with van der Waals surface area (Å²) < 4.78 is 28.2. The van der Waals surface area contributed by atoms with Gasteiger partial charge in [0.05, 0.1) is 16.6 Å². The average Bonchev–Trinajstić information content (AvgIpc) is 2.88. The number of nitrogens with one attached hydrogen (secondary N) is 1. The smallest absolute Gasteiger partial charge is 0.264 e. The van der Waals surface area contributed by atoms with Crippen LogP contribution in [0.4, 0.5) is 5.69 Å². The Hall–Kier alpha value is -3.61. The van der Waals surface area contributed by atoms with Crippen molar-refractivity contribution in [3.63, 3.8) is 0 Å². The quantitative estimate of drug-likeness (QED) is 0.332. The van der Waals surface area contributed by atoms with Gasteiger partial charge in [-0.3, -0.25) is 9.10 Å². The standard InChI is InChI=1S/C28H25ClN2O3S/c1-21-10-8-9-15-26(21)28(22-11-4-2-5-12-22)30-27(32)20-31(24-18-16-23(29)17-19-24)35(33,34)25-13-6-3-7-14-25/h2-19,28H,20H2,1H3,(H,30,32). The minimum absolute atomic E-state index is 0.0984. The fourth-order valence-corrected chi connectivity index (χ4v) is 5.44. The van der Waals surface area contributed by atoms with Crippen LogP contribution in [0, 0.1) is 6.92 Å². The normalized spacial score (nSPS) is 12.1. The van der Waals surface area contributed by atoms with Crippen LogP contribution in [0.2, 0.25) is 5.02 Å². The maximum atomic E-state index is 13.5. The van der Waals surface area contributed by atoms with E-state index in [-0.39, 0.29) is 4.90 Å². The lowest BCUT2D eigenvalue weighted by Gasteiger charge is -2.26. The zero-order chi connectivity index (χ0) is 24.8. The molecule has 1 N–H and O–H groups in total. The highest BCUT2D eigenvalue weighted by molar-refractivity contribution is 7.92. The summed E-state index contributed by atoms with van der Waals surface area (Å²) in [6.07, 6.45) is 0. The van der Waals surface area contributed by atoms with Gasteiger partial charge >= 0.3 is 0 Å². The number of rotatable bonds is 8. The second-order valence-corrected chi connectivity index (χ2v) is 10.4. The molecule has 0 radical (unpaired) electrons. The Morgan fingerprint density at radius 3 is 2.03 bits per heavy atom. The van der Waals surface area contributed by atoms with Crippen LogP contribution in [-0.2, 0) is 14.8 Å². The van der Waals surface area contributed by atoms with E-state index in [4.69, 9.17) is 11.6 Å². The lowest BCUT2D eigenvalue weighted by Crippen LogP contribution is -2.42. The number of hydrogen-bond donors (Lipinski definition) is 1. The summed E-state index contributed by atoms with van der Waals surface area (Å²) in [7, 11) is -4.01. The summed E-state index contributed by atoms with van der Waals surface area (Å²) in [6, 6.07) is 31.4. The first-order valence-corrected chi connectivity index (χ1v) is 12.9. The third-order valence-corrected chi connectivity index (χ3v) is 7.71. The van der Waals surface area contributed by atoms with Crippen molar-refractivity contribution < 1.29 is 13.2 Å². The molecule has 0 aromatic heterocycles. The molecule has 0 spiro atoms. The van der Waals surface area contributed by atoms with Gasteiger partial charge in [0.2, 0.25) is 5.91 Å². The van der Waals surface area contributed by atoms with Crippen molar-refractivity contribution in [1.29, 1.82) is 0 Å². The molecular weight excluding hydrogens is 480 g/mol. The number of anilines is 1. The molecule has 4 aromatic carbocycles. The van der Waals surface area contributed by atoms with E-state index >= 15 is 0 Å². The summed E-state index contributed by atoms with van der Waals surface area (Å²) >= 11 is 6.03. The second kappa shape index (κ2) is 10.8. The monoisotopic (exact) mass is 504 g/mol. The van der Waals surface area contributed by atoms with Crippen molar-refractivity contribution in [2.45, 2.75) is 17.9 Å². The molecule has 1 amide bonds. The van der Waals surface area contributed by atoms with Gasteiger partial charge in [0, 0.05) is 5.02 Å². The minimum atomic E-state index is -4.01. The van der Waals surface area contributed by atoms with Crippen molar-refractivity contribution in [2.24, 2.45) is 0 Å². The Labute approximate surface area is 211 Å². The Kier molecular flexibility index (Phi) is 7.54. The van der Waals surface area contributed by atoms with E-state index in [9.17, 15) is 13.2 Å². The van der Waals surface area contributed by atoms with Gasteiger partial charge in [-0.15, -0.1) is 0 Å². The molecule has 1 atom stereocenters. The Morgan fingerprint density at radius 2 is 1.40 bits per heavy atom. The van der Waals surface area contributed by atoms with E-state index in [1.807, 2.05) is 61.5 Å². The van der Waals surface area contributed by atoms with Crippen molar-refractivity contribution in [3.8, 4) is 0 Å². The van der Waals surface area contributed by atoms with Crippen molar-refractivity contribution >= 4 is 33.2 Å². The minimum Gasteiger partial charge on any atom is -0.344 e. The van der Waals surface area contributed by atoms with E-state index in [0.717, 1.165) is 21.0 Å². The molecule has 5 nitrogen and oxygen atoms in total. The van der Waals surface area contributed by atoms with E-state index in [1.165, 1.54) is 12.1 Å². The van der Waals surface area contributed by atoms with E-state index in [2.05, 4.69) is 5.32 Å². The molecule has 0 aliphatic heterocycles. The first-order valence-electron chi connectivity index (χ1n) is 11.1. The van der Waals surface area contributed by atoms with Crippen LogP contribution in [0.1, 0.15) is 22.7 Å². The summed E-state index contributed by atoms with van der Waals surface area (Å²) in [4.78, 5) is 13.5. The number of sulfonamides is 1. The number of aryl methyl sites for hydroxylation is 1. The van der Waals surface area contributed by atoms with Gasteiger partial charge in [-0.1, -0.05) is 84.4 Å². The third kappa shape index (κ3) is 5.73. The molecule has 35 heavy (non-hydrogen) atoms. The van der Waals surface area contributed by atoms with Gasteiger partial charge in [-0.25, -0.2) is 8.42 Å². The van der Waals surface area contributed by atoms with E-state index < -0.39 is 28.5 Å². The molecule has 1 unspecified atom stereocenters. The van der Waals surface area contributed by atoms with Gasteiger partial charge in [-0.05, 0) is 60.0 Å². The molecule has 4 rings (SSSR count). The Balaban J connectivity index is 1.69. The number of hydrogen-bond acceptors (Lipinski definition) is 3. The summed E-state index contributed by atoms with van der Waals surface area (Å²) in [5, 5.41) is 3.53. The lowest BCUT2D eigenvalue weighted by atomic mass is 9.95. The average molecular weight is 505 g/mol. The maximum Gasteiger partial charge on any atom is 0.264 e. The first kappa shape index (κ1) is 24.5. The van der Waals surface area contributed by atoms with Crippen molar-refractivity contribution in [1.82, 2.24) is 5.32 Å². The highest BCUT2D eigenvalue weighted by Crippen LogP contribution is 2.27. The van der Waals surface area contributed by atoms with E-state index in [1.54, 1.807) is 42.5 Å². The molecule has 4 aromatic rings. The first-order chi connectivity index (χ1) is 16.9. The number of nitrogens with zero attached hydrogens (tertiary/aromatic N) is 1. The highest BCUT2D eigenvalue weighted by Gasteiger charge is 2.28. The molecule has 0 aliphatic carbocycles. The number of amides is 1. The molecule has 178 valence electrons. The second-order valence-electron chi connectivity index (χ2n) is 8.07. The fraction of sp³-hybridized carbons (Fsp3) is 0.107. The largest absolute Gasteiger partial charge is 0.344 e. The van der Waals surface area contributed by atoms with Gasteiger partial charge in [-0.2, -0.15) is 0 Å². The Morgan fingerprint density at radius 1 is 0.829 bits per heavy atom. The van der Waals surface area contributed by atoms with Crippen LogP contribution in [0.25, 0.3) is 0 Å². The van der Waals surface area contributed by atoms with Gasteiger partial charge in [0.25, 0.3) is 10.0 Å². The third-order valence-electron chi connectivity index (χ3n) is 5.67. The summed E-state index contributed by atoms with van der Waals surface area (Å²) in [5.74, 6) is -0.434. The van der Waals surface area contributed by atoms with Crippen LogP contribution >= 0.6 is 11.6 Å². The van der Waals surface area contributed by atoms with Crippen molar-refractivity contribution in [2.75, 3.05) is 10.8 Å². The van der Waals surface area contributed by atoms with Crippen LogP contribution in [0.3, 0.4) is 0 Å². The molecule has 0 bridgehead atoms. The number of carbonyl (C=O) groups excluding carboxylic acids is 1.